The number of hydrogen-bond donors (Lipinski definition) is 0. The number of ketones is 1. The van der Waals surface area contributed by atoms with Crippen LogP contribution in [0.5, 0.6) is 5.75 Å². The van der Waals surface area contributed by atoms with Crippen LogP contribution in [0.15, 0.2) is 24.3 Å². The molecular formula is C14H16O5. The Bertz CT molecular complexity index is 463. The summed E-state index contributed by atoms with van der Waals surface area (Å²) in [6.07, 6.45) is 0.837. The molecule has 0 aliphatic carbocycles. The summed E-state index contributed by atoms with van der Waals surface area (Å²) in [5.41, 5.74) is 0.273. The maximum Gasteiger partial charge on any atom is 0.379 e. The molecule has 0 saturated carbocycles. The Kier molecular flexibility index (Phi) is 4.52. The molecule has 0 spiro atoms. The van der Waals surface area contributed by atoms with Gasteiger partial charge in [0.15, 0.2) is 0 Å². The fraction of sp³-hybridized carbons (Fsp3) is 0.429. The van der Waals surface area contributed by atoms with Crippen molar-refractivity contribution in [3.8, 4) is 5.75 Å². The van der Waals surface area contributed by atoms with Crippen LogP contribution in [0, 0.1) is 0 Å². The molecular weight excluding hydrogens is 248 g/mol. The summed E-state index contributed by atoms with van der Waals surface area (Å²) in [6, 6.07) is 6.55. The summed E-state index contributed by atoms with van der Waals surface area (Å²) < 4.78 is 15.6. The van der Waals surface area contributed by atoms with Crippen molar-refractivity contribution in [2.24, 2.45) is 0 Å². The minimum absolute atomic E-state index is 0.00736. The smallest absolute Gasteiger partial charge is 0.379 e. The van der Waals surface area contributed by atoms with Crippen molar-refractivity contribution in [3.63, 3.8) is 0 Å². The second kappa shape index (κ2) is 6.33. The second-order valence-electron chi connectivity index (χ2n) is 4.18. The van der Waals surface area contributed by atoms with E-state index >= 15 is 0 Å². The number of rotatable bonds is 5. The lowest BCUT2D eigenvalue weighted by Gasteiger charge is -2.12. The van der Waals surface area contributed by atoms with Crippen LogP contribution >= 0.6 is 0 Å². The second-order valence-corrected chi connectivity index (χ2v) is 4.18. The van der Waals surface area contributed by atoms with E-state index in [0.29, 0.717) is 19.0 Å². The largest absolute Gasteiger partial charge is 0.488 e. The molecule has 0 aromatic heterocycles. The predicted octanol–water partition coefficient (Wildman–Crippen LogP) is 1.60. The zero-order valence-corrected chi connectivity index (χ0v) is 10.8. The predicted molar refractivity (Wildman–Crippen MR) is 67.3 cm³/mol. The number of hydrogen-bond acceptors (Lipinski definition) is 5. The van der Waals surface area contributed by atoms with Gasteiger partial charge in [0, 0.05) is 12.0 Å². The lowest BCUT2D eigenvalue weighted by Crippen LogP contribution is -2.18. The number of carbonyl (C=O) groups excluding carboxylic acids is 2. The molecule has 0 amide bonds. The van der Waals surface area contributed by atoms with Crippen LogP contribution in [0.25, 0.3) is 0 Å². The topological polar surface area (TPSA) is 61.8 Å². The Morgan fingerprint density at radius 2 is 2.26 bits per heavy atom. The van der Waals surface area contributed by atoms with Crippen molar-refractivity contribution >= 4 is 11.8 Å². The van der Waals surface area contributed by atoms with E-state index in [1.807, 2.05) is 0 Å². The molecule has 1 saturated heterocycles. The van der Waals surface area contributed by atoms with Gasteiger partial charge in [-0.15, -0.1) is 0 Å². The minimum Gasteiger partial charge on any atom is -0.488 e. The quantitative estimate of drug-likeness (QED) is 0.459. The Labute approximate surface area is 111 Å². The fourth-order valence-corrected chi connectivity index (χ4v) is 1.82. The first-order chi connectivity index (χ1) is 9.20. The summed E-state index contributed by atoms with van der Waals surface area (Å²) in [4.78, 5) is 23.1. The molecule has 102 valence electrons. The Morgan fingerprint density at radius 1 is 1.42 bits per heavy atom. The molecule has 19 heavy (non-hydrogen) atoms. The number of benzene rings is 1. The highest BCUT2D eigenvalue weighted by Crippen LogP contribution is 2.18. The number of Topliss-reactive ketones (excluding diaryl/α,β-unsaturated/α-hetero) is 1. The Morgan fingerprint density at radius 3 is 2.95 bits per heavy atom. The first-order valence-electron chi connectivity index (χ1n) is 6.26. The summed E-state index contributed by atoms with van der Waals surface area (Å²) in [6.45, 7) is 3.08. The van der Waals surface area contributed by atoms with Gasteiger partial charge < -0.3 is 14.2 Å². The van der Waals surface area contributed by atoms with E-state index in [9.17, 15) is 9.59 Å². The van der Waals surface area contributed by atoms with Crippen LogP contribution in [-0.2, 0) is 14.3 Å². The molecule has 0 radical (unpaired) electrons. The molecule has 2 rings (SSSR count). The van der Waals surface area contributed by atoms with Crippen LogP contribution in [0.1, 0.15) is 23.7 Å². The van der Waals surface area contributed by atoms with Gasteiger partial charge in [-0.25, -0.2) is 4.79 Å². The third kappa shape index (κ3) is 3.54. The first kappa shape index (κ1) is 13.5. The van der Waals surface area contributed by atoms with E-state index in [1.54, 1.807) is 31.2 Å². The fourth-order valence-electron chi connectivity index (χ4n) is 1.82. The van der Waals surface area contributed by atoms with Crippen molar-refractivity contribution in [3.05, 3.63) is 29.8 Å². The summed E-state index contributed by atoms with van der Waals surface area (Å²) >= 11 is 0. The lowest BCUT2D eigenvalue weighted by molar-refractivity contribution is -0.137. The van der Waals surface area contributed by atoms with E-state index in [-0.39, 0.29) is 18.3 Å². The molecule has 0 bridgehead atoms. The zero-order chi connectivity index (χ0) is 13.7. The average molecular weight is 264 g/mol. The maximum atomic E-state index is 11.8. The van der Waals surface area contributed by atoms with Crippen LogP contribution in [-0.4, -0.2) is 37.7 Å². The third-order valence-corrected chi connectivity index (χ3v) is 2.75. The molecule has 5 heteroatoms. The average Bonchev–Trinajstić information content (AvgIpc) is 2.91. The van der Waals surface area contributed by atoms with E-state index in [4.69, 9.17) is 9.47 Å². The molecule has 0 N–H and O–H groups in total. The molecule has 1 atom stereocenters. The van der Waals surface area contributed by atoms with Crippen molar-refractivity contribution in [1.29, 1.82) is 0 Å². The van der Waals surface area contributed by atoms with Gasteiger partial charge in [-0.3, -0.25) is 4.79 Å². The minimum atomic E-state index is -0.844. The van der Waals surface area contributed by atoms with Gasteiger partial charge >= 0.3 is 5.97 Å². The highest BCUT2D eigenvalue weighted by atomic mass is 16.5. The normalized spacial score (nSPS) is 18.1. The van der Waals surface area contributed by atoms with Gasteiger partial charge in [0.25, 0.3) is 5.78 Å². The monoisotopic (exact) mass is 264 g/mol. The molecule has 1 aliphatic heterocycles. The first-order valence-corrected chi connectivity index (χ1v) is 6.26. The molecule has 1 aromatic carbocycles. The van der Waals surface area contributed by atoms with Gasteiger partial charge in [0.05, 0.1) is 19.8 Å². The van der Waals surface area contributed by atoms with Gasteiger partial charge in [-0.2, -0.15) is 0 Å². The molecule has 1 aromatic rings. The highest BCUT2D eigenvalue weighted by Gasteiger charge is 2.20. The molecule has 1 aliphatic rings. The zero-order valence-electron chi connectivity index (χ0n) is 10.8. The van der Waals surface area contributed by atoms with E-state index in [2.05, 4.69) is 4.74 Å². The van der Waals surface area contributed by atoms with E-state index < -0.39 is 11.8 Å². The van der Waals surface area contributed by atoms with Crippen molar-refractivity contribution < 1.29 is 23.8 Å². The van der Waals surface area contributed by atoms with Gasteiger partial charge in [0.1, 0.15) is 11.9 Å². The van der Waals surface area contributed by atoms with Gasteiger partial charge in [0.2, 0.25) is 0 Å². The molecule has 1 heterocycles. The van der Waals surface area contributed by atoms with Crippen LogP contribution in [0.3, 0.4) is 0 Å². The molecule has 1 fully saturated rings. The van der Waals surface area contributed by atoms with Crippen LogP contribution in [0.4, 0.5) is 0 Å². The summed E-state index contributed by atoms with van der Waals surface area (Å²) in [5.74, 6) is -0.940. The molecule has 5 nitrogen and oxygen atoms in total. The maximum absolute atomic E-state index is 11.8. The standard InChI is InChI=1S/C14H16O5/c1-2-18-14(16)13(15)10-4-3-5-11(8-10)19-12-6-7-17-9-12/h3-5,8,12H,2,6-7,9H2,1H3. The number of ether oxygens (including phenoxy) is 3. The third-order valence-electron chi connectivity index (χ3n) is 2.75. The van der Waals surface area contributed by atoms with E-state index in [1.165, 1.54) is 0 Å². The van der Waals surface area contributed by atoms with Crippen LogP contribution in [0.2, 0.25) is 0 Å². The summed E-state index contributed by atoms with van der Waals surface area (Å²) in [7, 11) is 0. The lowest BCUT2D eigenvalue weighted by atomic mass is 10.1. The summed E-state index contributed by atoms with van der Waals surface area (Å²) in [5, 5.41) is 0. The van der Waals surface area contributed by atoms with Gasteiger partial charge in [-0.05, 0) is 19.1 Å². The number of carbonyl (C=O) groups is 2. The number of esters is 1. The molecule has 1 unspecified atom stereocenters. The van der Waals surface area contributed by atoms with Crippen LogP contribution < -0.4 is 4.74 Å². The highest BCUT2D eigenvalue weighted by molar-refractivity contribution is 6.40. The van der Waals surface area contributed by atoms with E-state index in [0.717, 1.165) is 6.42 Å². The van der Waals surface area contributed by atoms with Crippen molar-refractivity contribution in [1.82, 2.24) is 0 Å². The van der Waals surface area contributed by atoms with Crippen molar-refractivity contribution in [2.75, 3.05) is 19.8 Å². The van der Waals surface area contributed by atoms with Gasteiger partial charge in [-0.1, -0.05) is 12.1 Å². The Balaban J connectivity index is 2.05. The Hall–Kier alpha value is -1.88. The van der Waals surface area contributed by atoms with Crippen molar-refractivity contribution in [2.45, 2.75) is 19.4 Å². The SMILES string of the molecule is CCOC(=O)C(=O)c1cccc(OC2CCOC2)c1.